The molecular weight excluding hydrogens is 332 g/mol. The Hall–Kier alpha value is -2.93. The molecule has 1 saturated heterocycles. The minimum absolute atomic E-state index is 0.0105. The third-order valence-corrected chi connectivity index (χ3v) is 4.66. The van der Waals surface area contributed by atoms with Gasteiger partial charge in [-0.25, -0.2) is 4.79 Å². The number of piperazine rings is 1. The fourth-order valence-corrected chi connectivity index (χ4v) is 3.07. The summed E-state index contributed by atoms with van der Waals surface area (Å²) in [4.78, 5) is 25.8. The standard InChI is InChI=1S/C19H22N4O3/c1-15-2-4-16(5-3-15)14-21-10-12-22(13-11-21)19(24)20-17-6-8-18(9-7-17)23(25)26/h2-9H,10-14H2,1H3,(H,20,24)/p+1. The predicted octanol–water partition coefficient (Wildman–Crippen LogP) is 1.84. The summed E-state index contributed by atoms with van der Waals surface area (Å²) in [6.07, 6.45) is 0. The molecule has 136 valence electrons. The molecule has 0 bridgehead atoms. The van der Waals surface area contributed by atoms with Crippen LogP contribution in [0.25, 0.3) is 0 Å². The fourth-order valence-electron chi connectivity index (χ4n) is 3.07. The molecule has 1 aliphatic rings. The third-order valence-electron chi connectivity index (χ3n) is 4.66. The average Bonchev–Trinajstić information content (AvgIpc) is 2.64. The van der Waals surface area contributed by atoms with Gasteiger partial charge in [-0.2, -0.15) is 0 Å². The van der Waals surface area contributed by atoms with Crippen LogP contribution in [-0.4, -0.2) is 42.0 Å². The smallest absolute Gasteiger partial charge is 0.322 e. The Kier molecular flexibility index (Phi) is 5.48. The highest BCUT2D eigenvalue weighted by Crippen LogP contribution is 2.15. The SMILES string of the molecule is Cc1ccc(C[NH+]2CCN(C(=O)Nc3ccc([N+](=O)[O-])cc3)CC2)cc1. The number of benzene rings is 2. The number of hydrogen-bond donors (Lipinski definition) is 2. The normalized spacial score (nSPS) is 14.9. The number of aryl methyl sites for hydroxylation is 1. The van der Waals surface area contributed by atoms with Crippen molar-refractivity contribution in [3.63, 3.8) is 0 Å². The van der Waals surface area contributed by atoms with Crippen molar-refractivity contribution in [3.05, 3.63) is 69.8 Å². The quantitative estimate of drug-likeness (QED) is 0.649. The van der Waals surface area contributed by atoms with Gasteiger partial charge in [0.05, 0.1) is 31.1 Å². The first kappa shape index (κ1) is 17.9. The van der Waals surface area contributed by atoms with Gasteiger partial charge in [0.15, 0.2) is 0 Å². The van der Waals surface area contributed by atoms with Crippen molar-refractivity contribution in [2.24, 2.45) is 0 Å². The number of urea groups is 1. The molecule has 1 fully saturated rings. The lowest BCUT2D eigenvalue weighted by Gasteiger charge is -2.32. The van der Waals surface area contributed by atoms with Crippen LogP contribution in [0.3, 0.4) is 0 Å². The molecule has 0 spiro atoms. The number of rotatable bonds is 4. The monoisotopic (exact) mass is 355 g/mol. The molecule has 7 nitrogen and oxygen atoms in total. The van der Waals surface area contributed by atoms with E-state index < -0.39 is 4.92 Å². The van der Waals surface area contributed by atoms with Gasteiger partial charge >= 0.3 is 6.03 Å². The van der Waals surface area contributed by atoms with E-state index in [1.165, 1.54) is 28.2 Å². The molecule has 1 heterocycles. The topological polar surface area (TPSA) is 79.9 Å². The summed E-state index contributed by atoms with van der Waals surface area (Å²) in [7, 11) is 0. The Labute approximate surface area is 152 Å². The van der Waals surface area contributed by atoms with Crippen LogP contribution < -0.4 is 10.2 Å². The first-order valence-electron chi connectivity index (χ1n) is 8.71. The van der Waals surface area contributed by atoms with Crippen LogP contribution in [0.1, 0.15) is 11.1 Å². The third kappa shape index (κ3) is 4.58. The van der Waals surface area contributed by atoms with Crippen molar-refractivity contribution in [2.45, 2.75) is 13.5 Å². The Morgan fingerprint density at radius 2 is 1.73 bits per heavy atom. The maximum Gasteiger partial charge on any atom is 0.322 e. The van der Waals surface area contributed by atoms with E-state index in [4.69, 9.17) is 0 Å². The van der Waals surface area contributed by atoms with Crippen LogP contribution in [-0.2, 0) is 6.54 Å². The number of carbonyl (C=O) groups is 1. The van der Waals surface area contributed by atoms with E-state index in [1.807, 2.05) is 0 Å². The molecule has 0 aromatic heterocycles. The lowest BCUT2D eigenvalue weighted by molar-refractivity contribution is -0.917. The first-order valence-corrected chi connectivity index (χ1v) is 8.71. The molecular formula is C19H23N4O3+. The lowest BCUT2D eigenvalue weighted by atomic mass is 10.1. The Bertz CT molecular complexity index is 766. The van der Waals surface area contributed by atoms with E-state index in [9.17, 15) is 14.9 Å². The van der Waals surface area contributed by atoms with Crippen molar-refractivity contribution in [2.75, 3.05) is 31.5 Å². The number of non-ortho nitro benzene ring substituents is 1. The van der Waals surface area contributed by atoms with Crippen LogP contribution in [0.4, 0.5) is 16.2 Å². The minimum Gasteiger partial charge on any atom is -0.328 e. The molecule has 7 heteroatoms. The molecule has 26 heavy (non-hydrogen) atoms. The Morgan fingerprint density at radius 3 is 2.31 bits per heavy atom. The summed E-state index contributed by atoms with van der Waals surface area (Å²) >= 11 is 0. The van der Waals surface area contributed by atoms with Crippen LogP contribution in [0.5, 0.6) is 0 Å². The molecule has 2 amide bonds. The average molecular weight is 355 g/mol. The highest BCUT2D eigenvalue weighted by molar-refractivity contribution is 5.89. The van der Waals surface area contributed by atoms with Gasteiger partial charge in [-0.05, 0) is 19.1 Å². The van der Waals surface area contributed by atoms with Gasteiger partial charge in [0.25, 0.3) is 5.69 Å². The zero-order valence-electron chi connectivity index (χ0n) is 14.8. The molecule has 0 aliphatic carbocycles. The summed E-state index contributed by atoms with van der Waals surface area (Å²) in [5.41, 5.74) is 3.15. The number of quaternary nitrogens is 1. The van der Waals surface area contributed by atoms with Crippen LogP contribution in [0.2, 0.25) is 0 Å². The summed E-state index contributed by atoms with van der Waals surface area (Å²) in [5, 5.41) is 13.5. The van der Waals surface area contributed by atoms with E-state index in [1.54, 1.807) is 17.0 Å². The van der Waals surface area contributed by atoms with Crippen LogP contribution in [0.15, 0.2) is 48.5 Å². The largest absolute Gasteiger partial charge is 0.328 e. The van der Waals surface area contributed by atoms with E-state index in [-0.39, 0.29) is 11.7 Å². The van der Waals surface area contributed by atoms with Gasteiger partial charge in [-0.15, -0.1) is 0 Å². The number of nitro groups is 1. The van der Waals surface area contributed by atoms with Crippen molar-refractivity contribution in [1.82, 2.24) is 4.90 Å². The summed E-state index contributed by atoms with van der Waals surface area (Å²) in [5.74, 6) is 0. The molecule has 0 saturated carbocycles. The fraction of sp³-hybridized carbons (Fsp3) is 0.316. The summed E-state index contributed by atoms with van der Waals surface area (Å²) in [6.45, 7) is 6.25. The molecule has 2 N–H and O–H groups in total. The second kappa shape index (κ2) is 7.97. The van der Waals surface area contributed by atoms with Crippen molar-refractivity contribution in [1.29, 1.82) is 0 Å². The molecule has 0 radical (unpaired) electrons. The number of nitrogens with zero attached hydrogens (tertiary/aromatic N) is 2. The maximum absolute atomic E-state index is 12.4. The number of nitro benzene ring substituents is 1. The second-order valence-electron chi connectivity index (χ2n) is 6.63. The summed E-state index contributed by atoms with van der Waals surface area (Å²) < 4.78 is 0. The highest BCUT2D eigenvalue weighted by atomic mass is 16.6. The summed E-state index contributed by atoms with van der Waals surface area (Å²) in [6, 6.07) is 14.3. The zero-order valence-corrected chi connectivity index (χ0v) is 14.8. The molecule has 0 unspecified atom stereocenters. The minimum atomic E-state index is -0.457. The van der Waals surface area contributed by atoms with Crippen LogP contribution >= 0.6 is 0 Å². The predicted molar refractivity (Wildman–Crippen MR) is 99.3 cm³/mol. The second-order valence-corrected chi connectivity index (χ2v) is 6.63. The van der Waals surface area contributed by atoms with Gasteiger partial charge < -0.3 is 15.1 Å². The van der Waals surface area contributed by atoms with E-state index >= 15 is 0 Å². The van der Waals surface area contributed by atoms with Gasteiger partial charge in [0.2, 0.25) is 0 Å². The van der Waals surface area contributed by atoms with Crippen molar-refractivity contribution >= 4 is 17.4 Å². The van der Waals surface area contributed by atoms with Crippen molar-refractivity contribution in [3.8, 4) is 0 Å². The maximum atomic E-state index is 12.4. The lowest BCUT2D eigenvalue weighted by Crippen LogP contribution is -3.13. The number of amides is 2. The molecule has 2 aromatic carbocycles. The molecule has 1 aliphatic heterocycles. The number of hydrogen-bond acceptors (Lipinski definition) is 3. The van der Waals surface area contributed by atoms with E-state index in [2.05, 4.69) is 36.5 Å². The number of carbonyl (C=O) groups excluding carboxylic acids is 1. The highest BCUT2D eigenvalue weighted by Gasteiger charge is 2.23. The molecule has 3 rings (SSSR count). The Balaban J connectivity index is 1.48. The number of anilines is 1. The van der Waals surface area contributed by atoms with Crippen LogP contribution in [0, 0.1) is 17.0 Å². The zero-order chi connectivity index (χ0) is 18.5. The van der Waals surface area contributed by atoms with Gasteiger partial charge in [0, 0.05) is 23.4 Å². The van der Waals surface area contributed by atoms with E-state index in [0.717, 1.165) is 19.6 Å². The Morgan fingerprint density at radius 1 is 1.12 bits per heavy atom. The van der Waals surface area contributed by atoms with Gasteiger partial charge in [0.1, 0.15) is 6.54 Å². The van der Waals surface area contributed by atoms with Gasteiger partial charge in [-0.3, -0.25) is 10.1 Å². The molecule has 2 aromatic rings. The first-order chi connectivity index (χ1) is 12.5. The van der Waals surface area contributed by atoms with Gasteiger partial charge in [-0.1, -0.05) is 29.8 Å². The molecule has 0 atom stereocenters. The number of nitrogens with one attached hydrogen (secondary N) is 2. The van der Waals surface area contributed by atoms with Crippen molar-refractivity contribution < 1.29 is 14.6 Å². The van der Waals surface area contributed by atoms with E-state index in [0.29, 0.717) is 18.8 Å².